The van der Waals surface area contributed by atoms with Crippen molar-refractivity contribution in [2.75, 3.05) is 24.5 Å². The van der Waals surface area contributed by atoms with Gasteiger partial charge in [0.1, 0.15) is 9.82 Å². The van der Waals surface area contributed by atoms with Crippen LogP contribution in [0, 0.1) is 16.0 Å². The number of para-hydroxylation sites is 1. The van der Waals surface area contributed by atoms with Crippen LogP contribution in [0.3, 0.4) is 0 Å². The fourth-order valence-electron chi connectivity index (χ4n) is 3.85. The molecule has 1 aromatic heterocycles. The maximum atomic E-state index is 12.7. The van der Waals surface area contributed by atoms with Crippen molar-refractivity contribution in [1.82, 2.24) is 10.3 Å². The highest BCUT2D eigenvalue weighted by atomic mass is 32.2. The molecule has 1 aromatic carbocycles. The summed E-state index contributed by atoms with van der Waals surface area (Å²) in [6.07, 6.45) is 2.18. The number of sulfonamides is 1. The van der Waals surface area contributed by atoms with Gasteiger partial charge in [0.15, 0.2) is 5.76 Å². The molecule has 0 radical (unpaired) electrons. The van der Waals surface area contributed by atoms with Gasteiger partial charge in [-0.05, 0) is 38.0 Å². The minimum atomic E-state index is -3.80. The summed E-state index contributed by atoms with van der Waals surface area (Å²) in [4.78, 5) is 26.3. The number of nitrogens with one attached hydrogen (secondary N) is 1. The molecule has 3 heterocycles. The lowest BCUT2D eigenvalue weighted by Crippen LogP contribution is -2.51. The number of anilines is 1. The largest absolute Gasteiger partial charge is 0.433 e. The van der Waals surface area contributed by atoms with Crippen LogP contribution in [0.1, 0.15) is 25.5 Å². The second-order valence-electron chi connectivity index (χ2n) is 7.51. The van der Waals surface area contributed by atoms with Crippen molar-refractivity contribution in [3.8, 4) is 0 Å². The van der Waals surface area contributed by atoms with Crippen molar-refractivity contribution in [1.29, 1.82) is 0 Å². The summed E-state index contributed by atoms with van der Waals surface area (Å²) in [5.74, 6) is -0.498. The summed E-state index contributed by atoms with van der Waals surface area (Å²) in [5, 5.41) is 14.4. The van der Waals surface area contributed by atoms with Crippen molar-refractivity contribution in [2.45, 2.75) is 24.7 Å². The Labute approximate surface area is 189 Å². The Balaban J connectivity index is 1.38. The van der Waals surface area contributed by atoms with E-state index in [1.54, 1.807) is 24.3 Å². The van der Waals surface area contributed by atoms with Crippen LogP contribution >= 0.6 is 0 Å². The molecular formula is C20H22N6O6S. The topological polar surface area (TPSA) is 151 Å². The Kier molecular flexibility index (Phi) is 6.14. The van der Waals surface area contributed by atoms with Crippen molar-refractivity contribution in [3.63, 3.8) is 0 Å². The minimum Gasteiger partial charge on any atom is -0.400 e. The molecule has 2 aliphatic rings. The van der Waals surface area contributed by atoms with E-state index in [1.165, 1.54) is 18.3 Å². The van der Waals surface area contributed by atoms with E-state index in [4.69, 9.17) is 4.42 Å². The molecule has 174 valence electrons. The van der Waals surface area contributed by atoms with E-state index in [0.29, 0.717) is 44.1 Å². The van der Waals surface area contributed by atoms with Gasteiger partial charge in [0, 0.05) is 25.6 Å². The molecule has 1 N–H and O–H groups in total. The molecular weight excluding hydrogens is 452 g/mol. The normalized spacial score (nSPS) is 18.2. The van der Waals surface area contributed by atoms with Gasteiger partial charge >= 0.3 is 5.88 Å². The van der Waals surface area contributed by atoms with Gasteiger partial charge in [0.05, 0.1) is 18.0 Å². The van der Waals surface area contributed by atoms with E-state index < -0.39 is 20.8 Å². The lowest BCUT2D eigenvalue weighted by molar-refractivity contribution is -0.402. The van der Waals surface area contributed by atoms with Crippen molar-refractivity contribution in [3.05, 3.63) is 52.3 Å². The Morgan fingerprint density at radius 3 is 2.70 bits per heavy atom. The van der Waals surface area contributed by atoms with Gasteiger partial charge < -0.3 is 14.2 Å². The molecule has 2 aromatic rings. The second-order valence-corrected chi connectivity index (χ2v) is 9.08. The Morgan fingerprint density at radius 1 is 1.30 bits per heavy atom. The molecule has 12 nitrogen and oxygen atoms in total. The zero-order valence-corrected chi connectivity index (χ0v) is 18.6. The van der Waals surface area contributed by atoms with Crippen LogP contribution in [0.4, 0.5) is 11.6 Å². The first-order valence-corrected chi connectivity index (χ1v) is 11.8. The van der Waals surface area contributed by atoms with E-state index in [0.717, 1.165) is 0 Å². The maximum absolute atomic E-state index is 12.7. The van der Waals surface area contributed by atoms with E-state index in [9.17, 15) is 23.3 Å². The predicted octanol–water partition coefficient (Wildman–Crippen LogP) is 1.93. The molecule has 1 saturated heterocycles. The summed E-state index contributed by atoms with van der Waals surface area (Å²) >= 11 is 0. The lowest BCUT2D eigenvalue weighted by Gasteiger charge is -2.39. The molecule has 0 atom stereocenters. The number of guanidine groups is 1. The number of likely N-dealkylation sites (tertiary alicyclic amines) is 1. The van der Waals surface area contributed by atoms with E-state index in [1.807, 2.05) is 16.7 Å². The van der Waals surface area contributed by atoms with E-state index >= 15 is 0 Å². The molecule has 1 fully saturated rings. The smallest absolute Gasteiger partial charge is 0.400 e. The monoisotopic (exact) mass is 474 g/mol. The molecule has 0 aliphatic carbocycles. The zero-order valence-electron chi connectivity index (χ0n) is 17.7. The number of carbonyl (C=O) groups is 1. The van der Waals surface area contributed by atoms with E-state index in [-0.39, 0.29) is 22.5 Å². The Bertz CT molecular complexity index is 1230. The Morgan fingerprint density at radius 2 is 2.03 bits per heavy atom. The van der Waals surface area contributed by atoms with Gasteiger partial charge in [-0.1, -0.05) is 12.1 Å². The fraction of sp³-hybridized carbons (Fsp3) is 0.350. The second kappa shape index (κ2) is 9.02. The van der Waals surface area contributed by atoms with Gasteiger partial charge in [-0.25, -0.2) is 5.43 Å². The summed E-state index contributed by atoms with van der Waals surface area (Å²) < 4.78 is 34.3. The van der Waals surface area contributed by atoms with Gasteiger partial charge in [-0.3, -0.25) is 14.9 Å². The highest BCUT2D eigenvalue weighted by Gasteiger charge is 2.35. The summed E-state index contributed by atoms with van der Waals surface area (Å²) in [6.45, 7) is 3.39. The molecule has 4 rings (SSSR count). The molecule has 0 saturated carbocycles. The van der Waals surface area contributed by atoms with Crippen molar-refractivity contribution in [2.24, 2.45) is 15.4 Å². The first-order valence-electron chi connectivity index (χ1n) is 10.3. The van der Waals surface area contributed by atoms with Crippen LogP contribution in [0.15, 0.2) is 55.2 Å². The number of rotatable bonds is 5. The third-order valence-corrected chi connectivity index (χ3v) is 6.81. The number of amides is 1. The quantitative estimate of drug-likeness (QED) is 0.392. The third kappa shape index (κ3) is 4.58. The number of benzene rings is 1. The number of hydrogen-bond donors (Lipinski definition) is 1. The summed E-state index contributed by atoms with van der Waals surface area (Å²) in [7, 11) is -3.80. The van der Waals surface area contributed by atoms with Gasteiger partial charge in [-0.2, -0.15) is 13.5 Å². The van der Waals surface area contributed by atoms with Crippen molar-refractivity contribution >= 4 is 39.7 Å². The van der Waals surface area contributed by atoms with Gasteiger partial charge in [-0.15, -0.1) is 4.40 Å². The van der Waals surface area contributed by atoms with Crippen LogP contribution in [-0.4, -0.2) is 56.0 Å². The molecule has 33 heavy (non-hydrogen) atoms. The Hall–Kier alpha value is -3.74. The predicted molar refractivity (Wildman–Crippen MR) is 119 cm³/mol. The SMILES string of the molecule is CCN1C(N2CCC(C(=O)N/N=C/c3ccc([N+](=O)[O-])o3)CC2)=NS(=O)(=O)c2ccccc21. The number of hydrazone groups is 1. The minimum absolute atomic E-state index is 0.147. The number of nitrogens with zero attached hydrogens (tertiary/aromatic N) is 5. The zero-order chi connectivity index (χ0) is 23.6. The molecule has 0 spiro atoms. The van der Waals surface area contributed by atoms with E-state index in [2.05, 4.69) is 14.9 Å². The number of furan rings is 1. The number of piperidine rings is 1. The number of carbonyl (C=O) groups excluding carboxylic acids is 1. The third-order valence-electron chi connectivity index (χ3n) is 5.50. The van der Waals surface area contributed by atoms with Crippen LogP contribution in [-0.2, 0) is 14.8 Å². The van der Waals surface area contributed by atoms with Gasteiger partial charge in [0.25, 0.3) is 10.0 Å². The first kappa shape index (κ1) is 22.5. The van der Waals surface area contributed by atoms with Crippen LogP contribution in [0.25, 0.3) is 0 Å². The highest BCUT2D eigenvalue weighted by Crippen LogP contribution is 2.33. The lowest BCUT2D eigenvalue weighted by atomic mass is 9.96. The maximum Gasteiger partial charge on any atom is 0.433 e. The number of nitro groups is 1. The number of hydrogen-bond acceptors (Lipinski definition) is 9. The number of fused-ring (bicyclic) bond motifs is 1. The standard InChI is InChI=1S/C20H22N6O6S/c1-2-25-16-5-3-4-6-17(16)33(30,31)23-20(25)24-11-9-14(10-12-24)19(27)22-21-13-15-7-8-18(32-15)26(28)29/h3-8,13-14H,2,9-12H2,1H3,(H,22,27)/b21-13+. The highest BCUT2D eigenvalue weighted by molar-refractivity contribution is 7.90. The van der Waals surface area contributed by atoms with Crippen LogP contribution < -0.4 is 10.3 Å². The molecule has 1 amide bonds. The van der Waals surface area contributed by atoms with Crippen LogP contribution in [0.5, 0.6) is 0 Å². The summed E-state index contributed by atoms with van der Waals surface area (Å²) in [5.41, 5.74) is 3.02. The summed E-state index contributed by atoms with van der Waals surface area (Å²) in [6, 6.07) is 9.35. The molecule has 2 aliphatic heterocycles. The van der Waals surface area contributed by atoms with Crippen molar-refractivity contribution < 1.29 is 22.6 Å². The molecule has 0 unspecified atom stereocenters. The molecule has 13 heteroatoms. The average Bonchev–Trinajstić information content (AvgIpc) is 3.28. The first-order chi connectivity index (χ1) is 15.8. The van der Waals surface area contributed by atoms with Crippen LogP contribution in [0.2, 0.25) is 0 Å². The fourth-order valence-corrected chi connectivity index (χ4v) is 5.07. The molecule has 0 bridgehead atoms. The van der Waals surface area contributed by atoms with Gasteiger partial charge in [0.2, 0.25) is 11.9 Å². The average molecular weight is 474 g/mol.